The average Bonchev–Trinajstić information content (AvgIpc) is 2.20. The Hall–Kier alpha value is -1.40. The number of allylic oxidation sites excluding steroid dienone is 2. The number of carbonyl (C=O) groups excluding carboxylic acids is 1. The van der Waals surface area contributed by atoms with E-state index in [1.54, 1.807) is 13.0 Å². The van der Waals surface area contributed by atoms with Gasteiger partial charge in [0.05, 0.1) is 0 Å². The van der Waals surface area contributed by atoms with Crippen LogP contribution in [0.1, 0.15) is 18.1 Å². The number of nitrogens with two attached hydrogens (primary N) is 1. The van der Waals surface area contributed by atoms with Gasteiger partial charge < -0.3 is 5.73 Å². The Bertz CT molecular complexity index is 428. The second kappa shape index (κ2) is 5.62. The summed E-state index contributed by atoms with van der Waals surface area (Å²) in [4.78, 5) is 10.9. The van der Waals surface area contributed by atoms with Gasteiger partial charge in [-0.15, -0.1) is 0 Å². The maximum Gasteiger partial charge on any atom is 0.134 e. The molecule has 0 radical (unpaired) electrons. The van der Waals surface area contributed by atoms with Crippen molar-refractivity contribution in [2.24, 2.45) is 5.73 Å². The van der Waals surface area contributed by atoms with E-state index in [1.165, 1.54) is 0 Å². The molecule has 1 aromatic rings. The minimum Gasteiger partial charge on any atom is -0.398 e. The lowest BCUT2D eigenvalue weighted by Gasteiger charge is -2.06. The van der Waals surface area contributed by atoms with Gasteiger partial charge in [0, 0.05) is 17.4 Å². The van der Waals surface area contributed by atoms with Crippen molar-refractivity contribution < 1.29 is 4.79 Å². The van der Waals surface area contributed by atoms with Gasteiger partial charge in [-0.2, -0.15) is 0 Å². The van der Waals surface area contributed by atoms with Crippen LogP contribution in [0.25, 0.3) is 5.57 Å². The van der Waals surface area contributed by atoms with Crippen molar-refractivity contribution in [1.82, 2.24) is 0 Å². The lowest BCUT2D eigenvalue weighted by molar-refractivity contribution is -0.116. The van der Waals surface area contributed by atoms with Gasteiger partial charge in [0.25, 0.3) is 0 Å². The fourth-order valence-corrected chi connectivity index (χ4v) is 1.78. The molecule has 1 rings (SSSR count). The van der Waals surface area contributed by atoms with Gasteiger partial charge in [0.15, 0.2) is 0 Å². The topological polar surface area (TPSA) is 43.1 Å². The van der Waals surface area contributed by atoms with Gasteiger partial charge in [-0.05, 0) is 18.1 Å². The molecule has 1 atom stereocenters. The smallest absolute Gasteiger partial charge is 0.134 e. The molecule has 0 aliphatic rings. The van der Waals surface area contributed by atoms with E-state index in [1.807, 2.05) is 24.3 Å². The zero-order valence-electron chi connectivity index (χ0n) is 9.36. The van der Waals surface area contributed by atoms with Crippen LogP contribution in [-0.4, -0.2) is 5.78 Å². The first-order valence-corrected chi connectivity index (χ1v) is 5.58. The first-order chi connectivity index (χ1) is 7.54. The monoisotopic (exact) mass is 233 g/mol. The Morgan fingerprint density at radius 1 is 1.44 bits per heavy atom. The number of hydrogen-bond donors (Lipinski definition) is 1. The van der Waals surface area contributed by atoms with Crippen LogP contribution in [0.4, 0.5) is 0 Å². The lowest BCUT2D eigenvalue weighted by Crippen LogP contribution is -1.97. The van der Waals surface area contributed by atoms with Gasteiger partial charge in [0.2, 0.25) is 0 Å². The highest BCUT2D eigenvalue weighted by Gasteiger charge is 2.02. The van der Waals surface area contributed by atoms with E-state index < -0.39 is 0 Å². The predicted octanol–water partition coefficient (Wildman–Crippen LogP) is 2.51. The molecule has 2 nitrogen and oxygen atoms in total. The average molecular weight is 233 g/mol. The van der Waals surface area contributed by atoms with Crippen molar-refractivity contribution in [3.8, 4) is 0 Å². The molecule has 16 heavy (non-hydrogen) atoms. The molecule has 1 aromatic carbocycles. The van der Waals surface area contributed by atoms with Crippen LogP contribution in [0.3, 0.4) is 0 Å². The Morgan fingerprint density at radius 3 is 2.38 bits per heavy atom. The van der Waals surface area contributed by atoms with Crippen LogP contribution in [0.2, 0.25) is 0 Å². The number of Topliss-reactive ketones (excluding diaryl/α,β-unsaturated/α-hetero) is 1. The molecule has 0 fully saturated rings. The van der Waals surface area contributed by atoms with Gasteiger partial charge >= 0.3 is 0 Å². The number of benzene rings is 1. The third-order valence-electron chi connectivity index (χ3n) is 2.23. The lowest BCUT2D eigenvalue weighted by atomic mass is 10.0. The summed E-state index contributed by atoms with van der Waals surface area (Å²) in [6.45, 7) is 5.31. The van der Waals surface area contributed by atoms with Crippen LogP contribution in [-0.2, 0) is 11.2 Å². The first kappa shape index (κ1) is 12.7. The molecule has 2 N–H and O–H groups in total. The molecule has 0 saturated heterocycles. The first-order valence-electron chi connectivity index (χ1n) is 5.01. The Morgan fingerprint density at radius 2 is 2.00 bits per heavy atom. The molecule has 0 amide bonds. The van der Waals surface area contributed by atoms with Crippen LogP contribution >= 0.6 is 9.24 Å². The molecule has 3 heteroatoms. The minimum absolute atomic E-state index is 0.165. The van der Waals surface area contributed by atoms with Crippen LogP contribution < -0.4 is 5.73 Å². The zero-order valence-corrected chi connectivity index (χ0v) is 10.5. The van der Waals surface area contributed by atoms with Crippen LogP contribution in [0.15, 0.2) is 42.4 Å². The molecule has 84 valence electrons. The normalized spacial score (nSPS) is 11.9. The van der Waals surface area contributed by atoms with Crippen LogP contribution in [0, 0.1) is 0 Å². The second-order valence-electron chi connectivity index (χ2n) is 3.65. The van der Waals surface area contributed by atoms with Gasteiger partial charge in [-0.1, -0.05) is 46.2 Å². The number of rotatable bonds is 4. The van der Waals surface area contributed by atoms with Crippen molar-refractivity contribution in [2.45, 2.75) is 13.3 Å². The van der Waals surface area contributed by atoms with Crippen molar-refractivity contribution in [3.63, 3.8) is 0 Å². The summed E-state index contributed by atoms with van der Waals surface area (Å²) in [6.07, 6.45) is 2.20. The molecule has 0 spiro atoms. The molecule has 0 bridgehead atoms. The van der Waals surface area contributed by atoms with E-state index in [9.17, 15) is 4.79 Å². The van der Waals surface area contributed by atoms with E-state index in [-0.39, 0.29) is 5.78 Å². The van der Waals surface area contributed by atoms with E-state index in [4.69, 9.17) is 5.73 Å². The third-order valence-corrected chi connectivity index (χ3v) is 2.54. The predicted molar refractivity (Wildman–Crippen MR) is 71.8 cm³/mol. The van der Waals surface area contributed by atoms with E-state index in [0.717, 1.165) is 16.7 Å². The van der Waals surface area contributed by atoms with Crippen molar-refractivity contribution >= 4 is 20.6 Å². The van der Waals surface area contributed by atoms with Crippen molar-refractivity contribution in [2.75, 3.05) is 0 Å². The van der Waals surface area contributed by atoms with Gasteiger partial charge in [-0.25, -0.2) is 0 Å². The molecule has 0 aliphatic carbocycles. The number of carbonyl (C=O) groups is 1. The highest BCUT2D eigenvalue weighted by Crippen LogP contribution is 2.21. The SMILES string of the molecule is C=C/C(=C(\N)P)c1ccc(CC(C)=O)cc1. The highest BCUT2D eigenvalue weighted by atomic mass is 31.0. The van der Waals surface area contributed by atoms with Crippen molar-refractivity contribution in [3.05, 3.63) is 53.5 Å². The van der Waals surface area contributed by atoms with E-state index in [0.29, 0.717) is 11.9 Å². The molecular weight excluding hydrogens is 217 g/mol. The second-order valence-corrected chi connectivity index (χ2v) is 4.27. The Balaban J connectivity index is 2.99. The van der Waals surface area contributed by atoms with Gasteiger partial charge in [-0.3, -0.25) is 4.79 Å². The summed E-state index contributed by atoms with van der Waals surface area (Å²) in [5.74, 6) is 0.165. The fourth-order valence-electron chi connectivity index (χ4n) is 1.49. The molecule has 0 aromatic heterocycles. The van der Waals surface area contributed by atoms with E-state index >= 15 is 0 Å². The summed E-state index contributed by atoms with van der Waals surface area (Å²) in [6, 6.07) is 7.78. The molecular formula is C13H16NOP. The fraction of sp³-hybridized carbons (Fsp3) is 0.154. The van der Waals surface area contributed by atoms with Crippen LogP contribution in [0.5, 0.6) is 0 Å². The van der Waals surface area contributed by atoms with Gasteiger partial charge in [0.1, 0.15) is 5.78 Å². The number of hydrogen-bond acceptors (Lipinski definition) is 2. The standard InChI is InChI=1S/C13H16NOP/c1-3-12(13(14)16)11-6-4-10(5-7-11)8-9(2)15/h3-7H,1,8,14,16H2,2H3/b13-12-. The Labute approximate surface area is 98.4 Å². The maximum atomic E-state index is 10.9. The summed E-state index contributed by atoms with van der Waals surface area (Å²) in [7, 11) is 2.46. The molecule has 0 heterocycles. The summed E-state index contributed by atoms with van der Waals surface area (Å²) >= 11 is 0. The summed E-state index contributed by atoms with van der Waals surface area (Å²) < 4.78 is 0. The molecule has 0 saturated carbocycles. The zero-order chi connectivity index (χ0) is 12.1. The molecule has 0 aliphatic heterocycles. The third kappa shape index (κ3) is 3.32. The quantitative estimate of drug-likeness (QED) is 0.641. The van der Waals surface area contributed by atoms with E-state index in [2.05, 4.69) is 15.8 Å². The Kier molecular flexibility index (Phi) is 4.45. The minimum atomic E-state index is 0.165. The highest BCUT2D eigenvalue weighted by molar-refractivity contribution is 7.22. The summed E-state index contributed by atoms with van der Waals surface area (Å²) in [5, 5.41) is 0. The number of ketones is 1. The summed E-state index contributed by atoms with van der Waals surface area (Å²) in [5.41, 5.74) is 9.30. The van der Waals surface area contributed by atoms with Crippen molar-refractivity contribution in [1.29, 1.82) is 0 Å². The molecule has 1 unspecified atom stereocenters. The maximum absolute atomic E-state index is 10.9. The largest absolute Gasteiger partial charge is 0.398 e.